The van der Waals surface area contributed by atoms with Crippen molar-refractivity contribution in [2.45, 2.75) is 23.8 Å². The smallest absolute Gasteiger partial charge is 0.326 e. The van der Waals surface area contributed by atoms with Crippen LogP contribution in [-0.2, 0) is 9.59 Å². The monoisotopic (exact) mass is 296 g/mol. The van der Waals surface area contributed by atoms with Crippen LogP contribution in [0, 0.1) is 0 Å². The first-order valence-corrected chi connectivity index (χ1v) is 7.13. The number of nitrogens with one attached hydrogen (secondary N) is 1. The molecule has 20 heavy (non-hydrogen) atoms. The zero-order valence-electron chi connectivity index (χ0n) is 11.0. The topological polar surface area (TPSA) is 109 Å². The van der Waals surface area contributed by atoms with Crippen molar-refractivity contribution in [3.8, 4) is 0 Å². The Morgan fingerprint density at radius 2 is 2.00 bits per heavy atom. The van der Waals surface area contributed by atoms with E-state index >= 15 is 0 Å². The van der Waals surface area contributed by atoms with Crippen LogP contribution in [0.5, 0.6) is 0 Å². The van der Waals surface area contributed by atoms with Crippen molar-refractivity contribution in [2.24, 2.45) is 5.73 Å². The van der Waals surface area contributed by atoms with Gasteiger partial charge in [-0.3, -0.25) is 9.59 Å². The van der Waals surface area contributed by atoms with Gasteiger partial charge >= 0.3 is 5.97 Å². The molecule has 7 heteroatoms. The third-order valence-electron chi connectivity index (χ3n) is 2.63. The highest BCUT2D eigenvalue weighted by molar-refractivity contribution is 7.98. The molecule has 108 valence electrons. The zero-order valence-corrected chi connectivity index (χ0v) is 11.8. The molecule has 0 aliphatic heterocycles. The molecule has 2 amide bonds. The first-order chi connectivity index (χ1) is 9.45. The van der Waals surface area contributed by atoms with E-state index in [0.29, 0.717) is 5.56 Å². The summed E-state index contributed by atoms with van der Waals surface area (Å²) in [5.74, 6) is -2.27. The van der Waals surface area contributed by atoms with E-state index in [1.807, 2.05) is 6.26 Å². The Morgan fingerprint density at radius 3 is 2.55 bits per heavy atom. The fourth-order valence-corrected chi connectivity index (χ4v) is 2.21. The van der Waals surface area contributed by atoms with Gasteiger partial charge in [-0.25, -0.2) is 4.79 Å². The van der Waals surface area contributed by atoms with Crippen molar-refractivity contribution in [3.05, 3.63) is 29.8 Å². The van der Waals surface area contributed by atoms with Crippen LogP contribution in [-0.4, -0.2) is 35.2 Å². The lowest BCUT2D eigenvalue weighted by molar-refractivity contribution is -0.139. The molecule has 0 radical (unpaired) electrons. The van der Waals surface area contributed by atoms with Gasteiger partial charge in [0.2, 0.25) is 5.91 Å². The van der Waals surface area contributed by atoms with Crippen LogP contribution in [0.1, 0.15) is 23.2 Å². The standard InChI is InChI=1S/C13H16N2O4S/c1-20-10-5-3-2-4-8(10)12(17)15-9(13(18)19)6-7-11(14)16/h2-5,9H,6-7H2,1H3,(H2,14,16)(H,15,17)(H,18,19). The number of thioether (sulfide) groups is 1. The fraction of sp³-hybridized carbons (Fsp3) is 0.308. The summed E-state index contributed by atoms with van der Waals surface area (Å²) in [6, 6.07) is 5.76. The van der Waals surface area contributed by atoms with Crippen LogP contribution >= 0.6 is 11.8 Å². The summed E-state index contributed by atoms with van der Waals surface area (Å²) in [7, 11) is 0. The van der Waals surface area contributed by atoms with Crippen molar-refractivity contribution in [3.63, 3.8) is 0 Å². The first-order valence-electron chi connectivity index (χ1n) is 5.90. The number of nitrogens with two attached hydrogens (primary N) is 1. The predicted octanol–water partition coefficient (Wildman–Crippen LogP) is 0.857. The van der Waals surface area contributed by atoms with Crippen molar-refractivity contribution in [1.29, 1.82) is 0 Å². The van der Waals surface area contributed by atoms with Crippen molar-refractivity contribution in [2.75, 3.05) is 6.26 Å². The number of carbonyl (C=O) groups excluding carboxylic acids is 2. The molecule has 1 aromatic rings. The molecular formula is C13H16N2O4S. The fourth-order valence-electron chi connectivity index (χ4n) is 1.61. The maximum absolute atomic E-state index is 12.1. The molecule has 1 aromatic carbocycles. The highest BCUT2D eigenvalue weighted by Crippen LogP contribution is 2.19. The Balaban J connectivity index is 2.80. The Bertz CT molecular complexity index is 519. The molecule has 1 unspecified atom stereocenters. The summed E-state index contributed by atoms with van der Waals surface area (Å²) < 4.78 is 0. The molecule has 4 N–H and O–H groups in total. The summed E-state index contributed by atoms with van der Waals surface area (Å²) in [5, 5.41) is 11.4. The number of hydrogen-bond acceptors (Lipinski definition) is 4. The van der Waals surface area contributed by atoms with Crippen LogP contribution in [0.4, 0.5) is 0 Å². The van der Waals surface area contributed by atoms with Crippen LogP contribution in [0.3, 0.4) is 0 Å². The second-order valence-corrected chi connectivity index (χ2v) is 4.92. The van der Waals surface area contributed by atoms with E-state index in [2.05, 4.69) is 5.32 Å². The minimum Gasteiger partial charge on any atom is -0.480 e. The lowest BCUT2D eigenvalue weighted by atomic mass is 10.1. The van der Waals surface area contributed by atoms with Crippen LogP contribution in [0.25, 0.3) is 0 Å². The number of benzene rings is 1. The number of aliphatic carboxylic acids is 1. The molecule has 1 atom stereocenters. The van der Waals surface area contributed by atoms with Gasteiger partial charge in [-0.2, -0.15) is 0 Å². The van der Waals surface area contributed by atoms with E-state index < -0.39 is 23.8 Å². The highest BCUT2D eigenvalue weighted by Gasteiger charge is 2.22. The number of primary amides is 1. The molecule has 1 rings (SSSR count). The predicted molar refractivity (Wildman–Crippen MR) is 75.5 cm³/mol. The normalized spacial score (nSPS) is 11.7. The molecule has 0 saturated heterocycles. The molecule has 0 saturated carbocycles. The molecular weight excluding hydrogens is 280 g/mol. The number of carboxylic acid groups (broad SMARTS) is 1. The summed E-state index contributed by atoms with van der Waals surface area (Å²) in [4.78, 5) is 34.6. The highest BCUT2D eigenvalue weighted by atomic mass is 32.2. The van der Waals surface area contributed by atoms with E-state index in [1.165, 1.54) is 11.8 Å². The van der Waals surface area contributed by atoms with Crippen molar-refractivity contribution in [1.82, 2.24) is 5.32 Å². The molecule has 0 aliphatic rings. The summed E-state index contributed by atoms with van der Waals surface area (Å²) in [6.07, 6.45) is 1.70. The number of hydrogen-bond donors (Lipinski definition) is 3. The Morgan fingerprint density at radius 1 is 1.35 bits per heavy atom. The van der Waals surface area contributed by atoms with Crippen LogP contribution in [0.15, 0.2) is 29.2 Å². The minimum atomic E-state index is -1.19. The quantitative estimate of drug-likeness (QED) is 0.646. The first kappa shape index (κ1) is 16.0. The molecule has 6 nitrogen and oxygen atoms in total. The van der Waals surface area contributed by atoms with Crippen molar-refractivity contribution >= 4 is 29.5 Å². The Hall–Kier alpha value is -2.02. The molecule has 0 aromatic heterocycles. The van der Waals surface area contributed by atoms with E-state index in [9.17, 15) is 14.4 Å². The summed E-state index contributed by atoms with van der Waals surface area (Å²) in [5.41, 5.74) is 5.39. The van der Waals surface area contributed by atoms with Gasteiger partial charge in [-0.15, -0.1) is 11.8 Å². The summed E-state index contributed by atoms with van der Waals surface area (Å²) in [6.45, 7) is 0. The number of carbonyl (C=O) groups is 3. The van der Waals surface area contributed by atoms with Gasteiger partial charge < -0.3 is 16.2 Å². The second kappa shape index (κ2) is 7.54. The van der Waals surface area contributed by atoms with Gasteiger partial charge in [-0.05, 0) is 24.8 Å². The van der Waals surface area contributed by atoms with Crippen molar-refractivity contribution < 1.29 is 19.5 Å². The van der Waals surface area contributed by atoms with Gasteiger partial charge in [0.15, 0.2) is 0 Å². The average molecular weight is 296 g/mol. The molecule has 0 bridgehead atoms. The second-order valence-electron chi connectivity index (χ2n) is 4.07. The molecule has 0 heterocycles. The Labute approximate surface area is 120 Å². The largest absolute Gasteiger partial charge is 0.480 e. The van der Waals surface area contributed by atoms with Gasteiger partial charge in [0.05, 0.1) is 5.56 Å². The minimum absolute atomic E-state index is 0.0299. The number of rotatable bonds is 7. The van der Waals surface area contributed by atoms with E-state index in [1.54, 1.807) is 24.3 Å². The van der Waals surface area contributed by atoms with E-state index in [4.69, 9.17) is 10.8 Å². The van der Waals surface area contributed by atoms with E-state index in [0.717, 1.165) is 4.90 Å². The third-order valence-corrected chi connectivity index (χ3v) is 3.43. The Kier molecular flexibility index (Phi) is 6.05. The summed E-state index contributed by atoms with van der Waals surface area (Å²) >= 11 is 1.40. The SMILES string of the molecule is CSc1ccccc1C(=O)NC(CCC(N)=O)C(=O)O. The van der Waals surface area contributed by atoms with Crippen LogP contribution < -0.4 is 11.1 Å². The number of carboxylic acids is 1. The zero-order chi connectivity index (χ0) is 15.1. The van der Waals surface area contributed by atoms with E-state index in [-0.39, 0.29) is 12.8 Å². The van der Waals surface area contributed by atoms with Gasteiger partial charge in [0, 0.05) is 11.3 Å². The third kappa shape index (κ3) is 4.58. The lowest BCUT2D eigenvalue weighted by Gasteiger charge is -2.15. The lowest BCUT2D eigenvalue weighted by Crippen LogP contribution is -2.41. The van der Waals surface area contributed by atoms with Gasteiger partial charge in [-0.1, -0.05) is 12.1 Å². The van der Waals surface area contributed by atoms with Gasteiger partial charge in [0.25, 0.3) is 5.91 Å². The molecule has 0 spiro atoms. The molecule has 0 fully saturated rings. The van der Waals surface area contributed by atoms with Crippen LogP contribution in [0.2, 0.25) is 0 Å². The molecule has 0 aliphatic carbocycles. The maximum atomic E-state index is 12.1. The maximum Gasteiger partial charge on any atom is 0.326 e. The van der Waals surface area contributed by atoms with Gasteiger partial charge in [0.1, 0.15) is 6.04 Å². The number of amides is 2. The average Bonchev–Trinajstić information content (AvgIpc) is 2.42.